The summed E-state index contributed by atoms with van der Waals surface area (Å²) in [5.74, 6) is -0.973. The molecule has 0 aliphatic heterocycles. The molecule has 25 heavy (non-hydrogen) atoms. The molecule has 0 unspecified atom stereocenters. The number of hydrazone groups is 1. The van der Waals surface area contributed by atoms with Crippen LogP contribution in [0.25, 0.3) is 0 Å². The van der Waals surface area contributed by atoms with Crippen molar-refractivity contribution in [3.05, 3.63) is 55.1 Å². The Balaban J connectivity index is 2.17. The molecule has 2 rings (SSSR count). The summed E-state index contributed by atoms with van der Waals surface area (Å²) in [4.78, 5) is 22.1. The van der Waals surface area contributed by atoms with Crippen molar-refractivity contribution in [1.29, 1.82) is 0 Å². The van der Waals surface area contributed by atoms with E-state index in [1.165, 1.54) is 19.4 Å². The molecule has 9 nitrogen and oxygen atoms in total. The summed E-state index contributed by atoms with van der Waals surface area (Å²) in [5.41, 5.74) is 2.11. The van der Waals surface area contributed by atoms with Gasteiger partial charge in [-0.3, -0.25) is 14.9 Å². The molecular weight excluding hydrogens is 445 g/mol. The highest BCUT2D eigenvalue weighted by Gasteiger charge is 2.16. The zero-order chi connectivity index (χ0) is 18.6. The van der Waals surface area contributed by atoms with Crippen LogP contribution in [-0.4, -0.2) is 34.4 Å². The molecule has 0 spiro atoms. The maximum atomic E-state index is 12.0. The van der Waals surface area contributed by atoms with E-state index in [9.17, 15) is 25.1 Å². The Labute approximate surface area is 155 Å². The van der Waals surface area contributed by atoms with Crippen LogP contribution in [-0.2, 0) is 0 Å². The molecule has 10 heteroatoms. The number of phenolic OH excluding ortho intramolecular Hbond substituents is 2. The minimum Gasteiger partial charge on any atom is -0.507 e. The number of phenols is 2. The lowest BCUT2D eigenvalue weighted by molar-refractivity contribution is -0.384. The molecule has 3 N–H and O–H groups in total. The van der Waals surface area contributed by atoms with Gasteiger partial charge >= 0.3 is 0 Å². The van der Waals surface area contributed by atoms with Gasteiger partial charge in [0.05, 0.1) is 27.4 Å². The van der Waals surface area contributed by atoms with E-state index in [2.05, 4.69) is 10.5 Å². The number of non-ortho nitro benzene ring substituents is 1. The van der Waals surface area contributed by atoms with E-state index < -0.39 is 16.6 Å². The SMILES string of the molecule is COc1cc(/C=N\NC(=O)c2cc([N+](=O)[O-])ccc2O)cc(I)c1O. The van der Waals surface area contributed by atoms with Gasteiger partial charge in [-0.05, 0) is 46.4 Å². The lowest BCUT2D eigenvalue weighted by atomic mass is 10.1. The first-order chi connectivity index (χ1) is 11.8. The fourth-order valence-electron chi connectivity index (χ4n) is 1.87. The van der Waals surface area contributed by atoms with Gasteiger partial charge in [-0.2, -0.15) is 5.10 Å². The van der Waals surface area contributed by atoms with Crippen molar-refractivity contribution in [2.75, 3.05) is 7.11 Å². The summed E-state index contributed by atoms with van der Waals surface area (Å²) in [7, 11) is 1.40. The Morgan fingerprint density at radius 2 is 2.08 bits per heavy atom. The van der Waals surface area contributed by atoms with Crippen LogP contribution in [0.5, 0.6) is 17.2 Å². The molecule has 0 radical (unpaired) electrons. The van der Waals surface area contributed by atoms with Crippen molar-refractivity contribution in [2.24, 2.45) is 5.10 Å². The summed E-state index contributed by atoms with van der Waals surface area (Å²) in [5, 5.41) is 33.9. The Kier molecular flexibility index (Phi) is 5.75. The predicted molar refractivity (Wildman–Crippen MR) is 97.2 cm³/mol. The van der Waals surface area contributed by atoms with Crippen LogP contribution < -0.4 is 10.2 Å². The third-order valence-corrected chi connectivity index (χ3v) is 3.91. The lowest BCUT2D eigenvalue weighted by Crippen LogP contribution is -2.18. The van der Waals surface area contributed by atoms with Crippen LogP contribution in [0.15, 0.2) is 35.4 Å². The van der Waals surface area contributed by atoms with E-state index in [0.29, 0.717) is 9.13 Å². The fourth-order valence-corrected chi connectivity index (χ4v) is 2.49. The second kappa shape index (κ2) is 7.79. The number of aromatic hydroxyl groups is 2. The predicted octanol–water partition coefficient (Wildman–Crippen LogP) is 2.38. The fraction of sp³-hybridized carbons (Fsp3) is 0.0667. The standard InChI is InChI=1S/C15H12IN3O6/c1-25-13-5-8(4-11(16)14(13)21)7-17-18-15(22)10-6-9(19(23)24)2-3-12(10)20/h2-7,20-21H,1H3,(H,18,22)/b17-7-. The second-order valence-corrected chi connectivity index (χ2v) is 5.87. The van der Waals surface area contributed by atoms with Gasteiger partial charge in [0.15, 0.2) is 11.5 Å². The maximum Gasteiger partial charge on any atom is 0.275 e. The third-order valence-electron chi connectivity index (χ3n) is 3.09. The van der Waals surface area contributed by atoms with Gasteiger partial charge in [-0.1, -0.05) is 0 Å². The number of amides is 1. The highest BCUT2D eigenvalue weighted by Crippen LogP contribution is 2.31. The quantitative estimate of drug-likeness (QED) is 0.273. The Bertz CT molecular complexity index is 869. The van der Waals surface area contributed by atoms with Gasteiger partial charge in [0.2, 0.25) is 0 Å². The zero-order valence-electron chi connectivity index (χ0n) is 12.8. The van der Waals surface area contributed by atoms with E-state index in [4.69, 9.17) is 4.74 Å². The number of nitro benzene ring substituents is 1. The molecule has 0 atom stereocenters. The van der Waals surface area contributed by atoms with Crippen LogP contribution in [0.4, 0.5) is 5.69 Å². The summed E-state index contributed by atoms with van der Waals surface area (Å²) < 4.78 is 5.54. The van der Waals surface area contributed by atoms with Gasteiger partial charge in [0, 0.05) is 12.1 Å². The number of methoxy groups -OCH3 is 1. The van der Waals surface area contributed by atoms with Crippen molar-refractivity contribution in [2.45, 2.75) is 0 Å². The number of ether oxygens (including phenoxy) is 1. The van der Waals surface area contributed by atoms with Crippen LogP contribution in [0, 0.1) is 13.7 Å². The molecule has 0 aromatic heterocycles. The molecular formula is C15H12IN3O6. The number of nitrogens with zero attached hydrogens (tertiary/aromatic N) is 2. The number of carbonyl (C=O) groups is 1. The summed E-state index contributed by atoms with van der Waals surface area (Å²) in [6, 6.07) is 6.22. The van der Waals surface area contributed by atoms with Crippen LogP contribution in [0.1, 0.15) is 15.9 Å². The average molecular weight is 457 g/mol. The molecule has 0 aliphatic carbocycles. The van der Waals surface area contributed by atoms with E-state index >= 15 is 0 Å². The normalized spacial score (nSPS) is 10.6. The van der Waals surface area contributed by atoms with E-state index in [1.54, 1.807) is 6.07 Å². The van der Waals surface area contributed by atoms with Gasteiger partial charge < -0.3 is 14.9 Å². The first-order valence-electron chi connectivity index (χ1n) is 6.70. The molecule has 0 saturated carbocycles. The van der Waals surface area contributed by atoms with Gasteiger partial charge in [-0.15, -0.1) is 0 Å². The van der Waals surface area contributed by atoms with Gasteiger partial charge in [0.1, 0.15) is 5.75 Å². The number of hydrogen-bond donors (Lipinski definition) is 3. The van der Waals surface area contributed by atoms with Gasteiger partial charge in [0.25, 0.3) is 11.6 Å². The molecule has 2 aromatic carbocycles. The number of nitro groups is 1. The van der Waals surface area contributed by atoms with Crippen molar-refractivity contribution in [3.63, 3.8) is 0 Å². The second-order valence-electron chi connectivity index (χ2n) is 4.71. The van der Waals surface area contributed by atoms with E-state index in [1.807, 2.05) is 22.6 Å². The molecule has 0 fully saturated rings. The molecule has 0 bridgehead atoms. The number of benzene rings is 2. The third kappa shape index (κ3) is 4.35. The van der Waals surface area contributed by atoms with Crippen molar-refractivity contribution >= 4 is 40.4 Å². The Morgan fingerprint density at radius 1 is 1.36 bits per heavy atom. The molecule has 2 aromatic rings. The number of nitrogens with one attached hydrogen (secondary N) is 1. The zero-order valence-corrected chi connectivity index (χ0v) is 14.9. The highest BCUT2D eigenvalue weighted by molar-refractivity contribution is 14.1. The number of halogens is 1. The van der Waals surface area contributed by atoms with Crippen molar-refractivity contribution in [1.82, 2.24) is 5.43 Å². The maximum absolute atomic E-state index is 12.0. The van der Waals surface area contributed by atoms with Crippen LogP contribution in [0.2, 0.25) is 0 Å². The topological polar surface area (TPSA) is 134 Å². The minimum absolute atomic E-state index is 0.00852. The highest BCUT2D eigenvalue weighted by atomic mass is 127. The number of hydrogen-bond acceptors (Lipinski definition) is 7. The Hall–Kier alpha value is -2.89. The number of rotatable bonds is 5. The smallest absolute Gasteiger partial charge is 0.275 e. The molecule has 0 aliphatic rings. The Morgan fingerprint density at radius 3 is 2.72 bits per heavy atom. The van der Waals surface area contributed by atoms with Gasteiger partial charge in [-0.25, -0.2) is 5.43 Å². The van der Waals surface area contributed by atoms with Crippen molar-refractivity contribution < 1.29 is 24.7 Å². The molecule has 0 saturated heterocycles. The van der Waals surface area contributed by atoms with E-state index in [0.717, 1.165) is 18.2 Å². The minimum atomic E-state index is -0.808. The average Bonchev–Trinajstić information content (AvgIpc) is 2.57. The molecule has 130 valence electrons. The van der Waals surface area contributed by atoms with Crippen LogP contribution >= 0.6 is 22.6 Å². The summed E-state index contributed by atoms with van der Waals surface area (Å²) >= 11 is 1.91. The van der Waals surface area contributed by atoms with Crippen LogP contribution in [0.3, 0.4) is 0 Å². The molecule has 0 heterocycles. The number of carbonyl (C=O) groups excluding carboxylic acids is 1. The van der Waals surface area contributed by atoms with Crippen molar-refractivity contribution in [3.8, 4) is 17.2 Å². The monoisotopic (exact) mass is 457 g/mol. The summed E-state index contributed by atoms with van der Waals surface area (Å²) in [6.45, 7) is 0. The largest absolute Gasteiger partial charge is 0.507 e. The first-order valence-corrected chi connectivity index (χ1v) is 7.78. The summed E-state index contributed by atoms with van der Waals surface area (Å²) in [6.07, 6.45) is 1.30. The first kappa shape index (κ1) is 18.4. The lowest BCUT2D eigenvalue weighted by Gasteiger charge is -2.06. The van der Waals surface area contributed by atoms with E-state index in [-0.39, 0.29) is 22.7 Å². The molecule has 1 amide bonds.